The average Bonchev–Trinajstić information content (AvgIpc) is 2.68. The molecule has 2 heterocycles. The van der Waals surface area contributed by atoms with Crippen LogP contribution in [0.25, 0.3) is 0 Å². The summed E-state index contributed by atoms with van der Waals surface area (Å²) < 4.78 is 33.0. The molecular weight excluding hydrogens is 493 g/mol. The quantitative estimate of drug-likeness (QED) is 0.487. The topological polar surface area (TPSA) is 88.6 Å². The summed E-state index contributed by atoms with van der Waals surface area (Å²) in [7, 11) is -1.99. The monoisotopic (exact) mass is 515 g/mol. The van der Waals surface area contributed by atoms with Gasteiger partial charge in [0.2, 0.25) is 10.0 Å². The van der Waals surface area contributed by atoms with Crippen molar-refractivity contribution in [1.29, 1.82) is 0 Å². The smallest absolute Gasteiger partial charge is 0.274 e. The Morgan fingerprint density at radius 1 is 1.21 bits per heavy atom. The molecule has 1 N–H and O–H groups in total. The van der Waals surface area contributed by atoms with Crippen molar-refractivity contribution in [3.63, 3.8) is 0 Å². The standard InChI is InChI=1S/C19H22IN3O4S/c1-13-5-3-4-12-23(13)28(25,26)15-8-6-14(7-9-15)21-19(24)16-10-11-17(27-2)18(20)22-16/h6-11,13H,3-5,12H2,1-2H3,(H,21,24). The number of hydrogen-bond acceptors (Lipinski definition) is 5. The molecule has 1 fully saturated rings. The third kappa shape index (κ3) is 4.47. The van der Waals surface area contributed by atoms with Crippen LogP contribution in [0.1, 0.15) is 36.7 Å². The number of aromatic nitrogens is 1. The summed E-state index contributed by atoms with van der Waals surface area (Å²) in [5, 5.41) is 2.74. The highest BCUT2D eigenvalue weighted by molar-refractivity contribution is 14.1. The lowest BCUT2D eigenvalue weighted by molar-refractivity contribution is 0.102. The summed E-state index contributed by atoms with van der Waals surface area (Å²) >= 11 is 2.00. The summed E-state index contributed by atoms with van der Waals surface area (Å²) in [4.78, 5) is 16.8. The Labute approximate surface area is 178 Å². The first-order chi connectivity index (χ1) is 13.3. The highest BCUT2D eigenvalue weighted by Gasteiger charge is 2.30. The largest absolute Gasteiger partial charge is 0.494 e. The van der Waals surface area contributed by atoms with Crippen molar-refractivity contribution in [2.45, 2.75) is 37.1 Å². The van der Waals surface area contributed by atoms with Crippen molar-refractivity contribution in [2.75, 3.05) is 19.0 Å². The number of piperidine rings is 1. The second-order valence-corrected chi connectivity index (χ2v) is 9.54. The van der Waals surface area contributed by atoms with Crippen LogP contribution in [0, 0.1) is 3.70 Å². The predicted octanol–water partition coefficient (Wildman–Crippen LogP) is 3.51. The van der Waals surface area contributed by atoms with E-state index in [1.165, 1.54) is 12.1 Å². The molecule has 1 aliphatic rings. The van der Waals surface area contributed by atoms with Crippen LogP contribution in [0.2, 0.25) is 0 Å². The second kappa shape index (κ2) is 8.75. The number of benzene rings is 1. The molecule has 0 saturated carbocycles. The van der Waals surface area contributed by atoms with E-state index >= 15 is 0 Å². The summed E-state index contributed by atoms with van der Waals surface area (Å²) in [6, 6.07) is 9.49. The number of methoxy groups -OCH3 is 1. The zero-order chi connectivity index (χ0) is 20.3. The third-order valence-electron chi connectivity index (χ3n) is 4.73. The zero-order valence-electron chi connectivity index (χ0n) is 15.7. The third-order valence-corrected chi connectivity index (χ3v) is 7.53. The Morgan fingerprint density at radius 2 is 1.93 bits per heavy atom. The molecule has 7 nitrogen and oxygen atoms in total. The number of nitrogens with zero attached hydrogens (tertiary/aromatic N) is 2. The average molecular weight is 515 g/mol. The molecule has 9 heteroatoms. The molecule has 28 heavy (non-hydrogen) atoms. The number of rotatable bonds is 5. The lowest BCUT2D eigenvalue weighted by Crippen LogP contribution is -2.41. The number of sulfonamides is 1. The molecule has 3 rings (SSSR count). The Kier molecular flexibility index (Phi) is 6.56. The van der Waals surface area contributed by atoms with Gasteiger partial charge in [0.25, 0.3) is 5.91 Å². The molecule has 1 saturated heterocycles. The molecule has 2 aromatic rings. The maximum atomic E-state index is 12.9. The highest BCUT2D eigenvalue weighted by Crippen LogP contribution is 2.26. The summed E-state index contributed by atoms with van der Waals surface area (Å²) in [6.45, 7) is 2.48. The molecule has 150 valence electrons. The van der Waals surface area contributed by atoms with Crippen LogP contribution in [-0.4, -0.2) is 43.3 Å². The van der Waals surface area contributed by atoms with Gasteiger partial charge in [-0.1, -0.05) is 6.42 Å². The normalized spacial score (nSPS) is 17.9. The van der Waals surface area contributed by atoms with Crippen molar-refractivity contribution in [3.05, 3.63) is 45.8 Å². The van der Waals surface area contributed by atoms with E-state index in [2.05, 4.69) is 10.3 Å². The highest BCUT2D eigenvalue weighted by atomic mass is 127. The van der Waals surface area contributed by atoms with E-state index in [1.54, 1.807) is 35.7 Å². The molecule has 0 aliphatic carbocycles. The molecule has 1 amide bonds. The summed E-state index contributed by atoms with van der Waals surface area (Å²) in [5.41, 5.74) is 0.757. The van der Waals surface area contributed by atoms with Gasteiger partial charge >= 0.3 is 0 Å². The van der Waals surface area contributed by atoms with Gasteiger partial charge in [0.15, 0.2) is 5.75 Å². The van der Waals surface area contributed by atoms with Crippen molar-refractivity contribution in [2.24, 2.45) is 0 Å². The van der Waals surface area contributed by atoms with Gasteiger partial charge < -0.3 is 10.1 Å². The van der Waals surface area contributed by atoms with E-state index < -0.39 is 10.0 Å². The number of hydrogen-bond donors (Lipinski definition) is 1. The Bertz CT molecular complexity index is 964. The number of ether oxygens (including phenoxy) is 1. The maximum absolute atomic E-state index is 12.9. The van der Waals surface area contributed by atoms with Crippen molar-refractivity contribution in [3.8, 4) is 5.75 Å². The molecule has 0 bridgehead atoms. The van der Waals surface area contributed by atoms with Gasteiger partial charge in [0, 0.05) is 18.3 Å². The number of carbonyl (C=O) groups excluding carboxylic acids is 1. The first-order valence-corrected chi connectivity index (χ1v) is 11.5. The predicted molar refractivity (Wildman–Crippen MR) is 115 cm³/mol. The SMILES string of the molecule is COc1ccc(C(=O)Nc2ccc(S(=O)(=O)N3CCCCC3C)cc2)nc1I. The number of carbonyl (C=O) groups is 1. The van der Waals surface area contributed by atoms with E-state index in [0.717, 1.165) is 19.3 Å². The minimum Gasteiger partial charge on any atom is -0.494 e. The van der Waals surface area contributed by atoms with Crippen molar-refractivity contribution in [1.82, 2.24) is 9.29 Å². The Morgan fingerprint density at radius 3 is 2.54 bits per heavy atom. The van der Waals surface area contributed by atoms with Gasteiger partial charge in [-0.05, 0) is 78.8 Å². The van der Waals surface area contributed by atoms with E-state index in [-0.39, 0.29) is 22.5 Å². The van der Waals surface area contributed by atoms with Gasteiger partial charge in [-0.3, -0.25) is 4.79 Å². The van der Waals surface area contributed by atoms with Crippen LogP contribution in [0.4, 0.5) is 5.69 Å². The van der Waals surface area contributed by atoms with Crippen molar-refractivity contribution < 1.29 is 17.9 Å². The van der Waals surface area contributed by atoms with Gasteiger partial charge in [-0.2, -0.15) is 4.31 Å². The van der Waals surface area contributed by atoms with E-state index in [1.807, 2.05) is 29.5 Å². The minimum absolute atomic E-state index is 0.00162. The zero-order valence-corrected chi connectivity index (χ0v) is 18.7. The van der Waals surface area contributed by atoms with Crippen LogP contribution < -0.4 is 10.1 Å². The fraction of sp³-hybridized carbons (Fsp3) is 0.368. The molecular formula is C19H22IN3O4S. The number of halogens is 1. The van der Waals surface area contributed by atoms with Gasteiger partial charge in [0.1, 0.15) is 9.39 Å². The number of anilines is 1. The summed E-state index contributed by atoms with van der Waals surface area (Å²) in [5.74, 6) is 0.222. The molecule has 1 aromatic heterocycles. The minimum atomic E-state index is -3.53. The maximum Gasteiger partial charge on any atom is 0.274 e. The van der Waals surface area contributed by atoms with Crippen LogP contribution in [0.15, 0.2) is 41.3 Å². The Hall–Kier alpha value is -1.72. The van der Waals surface area contributed by atoms with Gasteiger partial charge in [-0.25, -0.2) is 13.4 Å². The number of pyridine rings is 1. The fourth-order valence-electron chi connectivity index (χ4n) is 3.17. The van der Waals surface area contributed by atoms with Crippen molar-refractivity contribution >= 4 is 44.2 Å². The van der Waals surface area contributed by atoms with Crippen LogP contribution >= 0.6 is 22.6 Å². The molecule has 1 aliphatic heterocycles. The molecule has 1 atom stereocenters. The first kappa shape index (κ1) is 21.0. The molecule has 1 aromatic carbocycles. The van der Waals surface area contributed by atoms with Crippen LogP contribution in [-0.2, 0) is 10.0 Å². The van der Waals surface area contributed by atoms with E-state index in [9.17, 15) is 13.2 Å². The Balaban J connectivity index is 1.74. The van der Waals surface area contributed by atoms with E-state index in [4.69, 9.17) is 4.74 Å². The lowest BCUT2D eigenvalue weighted by Gasteiger charge is -2.32. The molecule has 0 spiro atoms. The number of nitrogens with one attached hydrogen (secondary N) is 1. The fourth-order valence-corrected chi connectivity index (χ4v) is 5.53. The van der Waals surface area contributed by atoms with Gasteiger partial charge in [-0.15, -0.1) is 0 Å². The van der Waals surface area contributed by atoms with Crippen LogP contribution in [0.5, 0.6) is 5.75 Å². The lowest BCUT2D eigenvalue weighted by atomic mass is 10.1. The van der Waals surface area contributed by atoms with E-state index in [0.29, 0.717) is 21.7 Å². The summed E-state index contributed by atoms with van der Waals surface area (Å²) in [6.07, 6.45) is 2.81. The number of amides is 1. The first-order valence-electron chi connectivity index (χ1n) is 8.96. The van der Waals surface area contributed by atoms with Crippen LogP contribution in [0.3, 0.4) is 0 Å². The molecule has 0 radical (unpaired) electrons. The van der Waals surface area contributed by atoms with Gasteiger partial charge in [0.05, 0.1) is 12.0 Å². The second-order valence-electron chi connectivity index (χ2n) is 6.63. The molecule has 1 unspecified atom stereocenters.